The van der Waals surface area contributed by atoms with Crippen LogP contribution < -0.4 is 0 Å². The topological polar surface area (TPSA) is 90.2 Å². The third kappa shape index (κ3) is 1.58. The SMILES string of the molecule is CCC1OC(CO)C(C)(O)C(C)(O)C1(C)O. The first-order valence-electron chi connectivity index (χ1n) is 5.56. The molecule has 0 aromatic heterocycles. The Morgan fingerprint density at radius 1 is 1.00 bits per heavy atom. The fraction of sp³-hybridized carbons (Fsp3) is 1.00. The van der Waals surface area contributed by atoms with E-state index in [1.807, 2.05) is 6.92 Å². The van der Waals surface area contributed by atoms with E-state index in [1.165, 1.54) is 20.8 Å². The first-order valence-corrected chi connectivity index (χ1v) is 5.56. The molecule has 96 valence electrons. The average Bonchev–Trinajstić information content (AvgIpc) is 2.16. The minimum absolute atomic E-state index is 0.407. The summed E-state index contributed by atoms with van der Waals surface area (Å²) in [5.41, 5.74) is -5.04. The van der Waals surface area contributed by atoms with Gasteiger partial charge in [0, 0.05) is 0 Å². The van der Waals surface area contributed by atoms with Gasteiger partial charge in [-0.15, -0.1) is 0 Å². The third-order valence-electron chi connectivity index (χ3n) is 4.09. The highest BCUT2D eigenvalue weighted by molar-refractivity contribution is 5.15. The van der Waals surface area contributed by atoms with Crippen LogP contribution in [0.3, 0.4) is 0 Å². The predicted molar refractivity (Wildman–Crippen MR) is 57.9 cm³/mol. The highest BCUT2D eigenvalue weighted by Crippen LogP contribution is 2.44. The smallest absolute Gasteiger partial charge is 0.124 e. The Morgan fingerprint density at radius 3 is 1.81 bits per heavy atom. The van der Waals surface area contributed by atoms with Crippen LogP contribution >= 0.6 is 0 Å². The molecule has 16 heavy (non-hydrogen) atoms. The van der Waals surface area contributed by atoms with E-state index in [-0.39, 0.29) is 0 Å². The molecule has 1 rings (SSSR count). The number of rotatable bonds is 2. The van der Waals surface area contributed by atoms with Gasteiger partial charge in [-0.2, -0.15) is 0 Å². The van der Waals surface area contributed by atoms with Crippen molar-refractivity contribution in [2.75, 3.05) is 6.61 Å². The van der Waals surface area contributed by atoms with E-state index in [9.17, 15) is 15.3 Å². The highest BCUT2D eigenvalue weighted by atomic mass is 16.6. The minimum atomic E-state index is -1.76. The lowest BCUT2D eigenvalue weighted by Crippen LogP contribution is -2.77. The normalized spacial score (nSPS) is 54.0. The Hall–Kier alpha value is -0.200. The third-order valence-corrected chi connectivity index (χ3v) is 4.09. The fourth-order valence-corrected chi connectivity index (χ4v) is 2.32. The Balaban J connectivity index is 3.18. The molecule has 0 bridgehead atoms. The van der Waals surface area contributed by atoms with Crippen LogP contribution in [-0.2, 0) is 4.74 Å². The molecule has 1 heterocycles. The van der Waals surface area contributed by atoms with Gasteiger partial charge < -0.3 is 25.2 Å². The lowest BCUT2D eigenvalue weighted by Gasteiger charge is -2.57. The molecule has 0 saturated carbocycles. The van der Waals surface area contributed by atoms with Crippen LogP contribution in [0.25, 0.3) is 0 Å². The molecule has 0 aromatic rings. The van der Waals surface area contributed by atoms with Crippen LogP contribution in [0.4, 0.5) is 0 Å². The number of aliphatic hydroxyl groups is 4. The van der Waals surface area contributed by atoms with Crippen LogP contribution in [0, 0.1) is 0 Å². The molecule has 1 saturated heterocycles. The van der Waals surface area contributed by atoms with E-state index in [0.29, 0.717) is 6.42 Å². The molecule has 5 atom stereocenters. The summed E-state index contributed by atoms with van der Waals surface area (Å²) >= 11 is 0. The first kappa shape index (κ1) is 13.9. The van der Waals surface area contributed by atoms with Crippen LogP contribution in [0.2, 0.25) is 0 Å². The van der Waals surface area contributed by atoms with Crippen molar-refractivity contribution in [3.05, 3.63) is 0 Å². The zero-order valence-electron chi connectivity index (χ0n) is 10.3. The first-order chi connectivity index (χ1) is 7.12. The number of aliphatic hydroxyl groups excluding tert-OH is 1. The van der Waals surface area contributed by atoms with Crippen molar-refractivity contribution < 1.29 is 25.2 Å². The van der Waals surface area contributed by atoms with Gasteiger partial charge in [0.2, 0.25) is 0 Å². The summed E-state index contributed by atoms with van der Waals surface area (Å²) in [6, 6.07) is 0. The van der Waals surface area contributed by atoms with Gasteiger partial charge in [0.1, 0.15) is 22.9 Å². The number of hydrogen-bond donors (Lipinski definition) is 4. The van der Waals surface area contributed by atoms with Gasteiger partial charge >= 0.3 is 0 Å². The second kappa shape index (κ2) is 3.92. The number of hydrogen-bond acceptors (Lipinski definition) is 5. The minimum Gasteiger partial charge on any atom is -0.394 e. The molecule has 0 aliphatic carbocycles. The molecule has 5 unspecified atom stereocenters. The van der Waals surface area contributed by atoms with E-state index in [4.69, 9.17) is 9.84 Å². The summed E-state index contributed by atoms with van der Waals surface area (Å²) in [6.07, 6.45) is -1.05. The van der Waals surface area contributed by atoms with Crippen molar-refractivity contribution >= 4 is 0 Å². The van der Waals surface area contributed by atoms with E-state index in [2.05, 4.69) is 0 Å². The summed E-state index contributed by atoms with van der Waals surface area (Å²) in [6.45, 7) is 5.55. The van der Waals surface area contributed by atoms with E-state index < -0.39 is 35.6 Å². The van der Waals surface area contributed by atoms with E-state index in [1.54, 1.807) is 0 Å². The monoisotopic (exact) mass is 234 g/mol. The van der Waals surface area contributed by atoms with E-state index in [0.717, 1.165) is 0 Å². The predicted octanol–water partition coefficient (Wildman–Crippen LogP) is -0.591. The van der Waals surface area contributed by atoms with Crippen molar-refractivity contribution in [3.8, 4) is 0 Å². The molecule has 0 spiro atoms. The summed E-state index contributed by atoms with van der Waals surface area (Å²) in [5, 5.41) is 40.0. The second-order valence-corrected chi connectivity index (χ2v) is 5.07. The average molecular weight is 234 g/mol. The van der Waals surface area contributed by atoms with Crippen molar-refractivity contribution in [1.29, 1.82) is 0 Å². The Labute approximate surface area is 95.7 Å². The molecule has 0 aromatic carbocycles. The summed E-state index contributed by atoms with van der Waals surface area (Å²) in [4.78, 5) is 0. The molecule has 1 aliphatic heterocycles. The van der Waals surface area contributed by atoms with Gasteiger partial charge in [-0.1, -0.05) is 6.92 Å². The van der Waals surface area contributed by atoms with Gasteiger partial charge in [-0.05, 0) is 27.2 Å². The zero-order chi connectivity index (χ0) is 12.8. The molecule has 0 radical (unpaired) electrons. The quantitative estimate of drug-likeness (QED) is 0.513. The van der Waals surface area contributed by atoms with Crippen LogP contribution in [-0.4, -0.2) is 56.0 Å². The van der Waals surface area contributed by atoms with Crippen LogP contribution in [0.15, 0.2) is 0 Å². The fourth-order valence-electron chi connectivity index (χ4n) is 2.32. The molecule has 1 aliphatic rings. The van der Waals surface area contributed by atoms with Gasteiger partial charge in [-0.25, -0.2) is 0 Å². The van der Waals surface area contributed by atoms with Gasteiger partial charge in [0.05, 0.1) is 12.7 Å². The second-order valence-electron chi connectivity index (χ2n) is 5.07. The molecule has 5 heteroatoms. The maximum atomic E-state index is 10.3. The Bertz CT molecular complexity index is 235. The molecule has 4 N–H and O–H groups in total. The molecular weight excluding hydrogens is 212 g/mol. The standard InChI is InChI=1S/C11H22O5/c1-5-7-9(2,13)11(4,15)10(3,14)8(6-12)16-7/h7-8,12-15H,5-6H2,1-4H3. The van der Waals surface area contributed by atoms with Crippen molar-refractivity contribution in [3.63, 3.8) is 0 Å². The van der Waals surface area contributed by atoms with Crippen molar-refractivity contribution in [2.24, 2.45) is 0 Å². The largest absolute Gasteiger partial charge is 0.394 e. The molecule has 5 nitrogen and oxygen atoms in total. The van der Waals surface area contributed by atoms with Gasteiger partial charge in [0.25, 0.3) is 0 Å². The van der Waals surface area contributed by atoms with Gasteiger partial charge in [0.15, 0.2) is 0 Å². The lowest BCUT2D eigenvalue weighted by molar-refractivity contribution is -0.343. The Kier molecular flexibility index (Phi) is 3.40. The lowest BCUT2D eigenvalue weighted by atomic mass is 9.66. The molecule has 0 amide bonds. The van der Waals surface area contributed by atoms with E-state index >= 15 is 0 Å². The molecule has 1 fully saturated rings. The van der Waals surface area contributed by atoms with Gasteiger partial charge in [-0.3, -0.25) is 0 Å². The molecular formula is C11H22O5. The summed E-state index contributed by atoms with van der Waals surface area (Å²) in [7, 11) is 0. The highest BCUT2D eigenvalue weighted by Gasteiger charge is 2.64. The summed E-state index contributed by atoms with van der Waals surface area (Å²) in [5.74, 6) is 0. The van der Waals surface area contributed by atoms with Crippen LogP contribution in [0.5, 0.6) is 0 Å². The summed E-state index contributed by atoms with van der Waals surface area (Å²) < 4.78 is 5.44. The van der Waals surface area contributed by atoms with Crippen molar-refractivity contribution in [2.45, 2.75) is 63.1 Å². The zero-order valence-corrected chi connectivity index (χ0v) is 10.3. The van der Waals surface area contributed by atoms with Crippen molar-refractivity contribution in [1.82, 2.24) is 0 Å². The Morgan fingerprint density at radius 2 is 1.44 bits per heavy atom. The maximum Gasteiger partial charge on any atom is 0.124 e. The van der Waals surface area contributed by atoms with Crippen LogP contribution in [0.1, 0.15) is 34.1 Å². The number of ether oxygens (including phenoxy) is 1. The maximum absolute atomic E-state index is 10.3.